The Labute approximate surface area is 168 Å². The van der Waals surface area contributed by atoms with Crippen molar-refractivity contribution in [3.8, 4) is 5.69 Å². The largest absolute Gasteiger partial charge is 0.274 e. The quantitative estimate of drug-likeness (QED) is 0.389. The lowest BCUT2D eigenvalue weighted by molar-refractivity contribution is 0.848. The first kappa shape index (κ1) is 17.8. The molecule has 0 spiro atoms. The highest BCUT2D eigenvalue weighted by Gasteiger charge is 2.15. The van der Waals surface area contributed by atoms with E-state index in [-0.39, 0.29) is 0 Å². The fourth-order valence-electron chi connectivity index (χ4n) is 2.85. The van der Waals surface area contributed by atoms with Crippen molar-refractivity contribution >= 4 is 23.4 Å². The number of hydrogen-bond acceptors (Lipinski definition) is 3. The molecule has 3 aromatic carbocycles. The van der Waals surface area contributed by atoms with Gasteiger partial charge in [-0.1, -0.05) is 84.0 Å². The maximum absolute atomic E-state index is 5.98. The summed E-state index contributed by atoms with van der Waals surface area (Å²) in [6.07, 6.45) is 0.740. The first-order valence-electron chi connectivity index (χ1n) is 8.70. The van der Waals surface area contributed by atoms with Crippen LogP contribution in [0.4, 0.5) is 0 Å². The molecule has 3 nitrogen and oxygen atoms in total. The van der Waals surface area contributed by atoms with Crippen molar-refractivity contribution in [3.63, 3.8) is 0 Å². The van der Waals surface area contributed by atoms with Gasteiger partial charge in [0.15, 0.2) is 5.16 Å². The summed E-state index contributed by atoms with van der Waals surface area (Å²) in [6, 6.07) is 28.6. The molecule has 0 saturated carbocycles. The van der Waals surface area contributed by atoms with Crippen LogP contribution in [0.1, 0.15) is 17.0 Å². The van der Waals surface area contributed by atoms with Crippen LogP contribution in [0, 0.1) is 0 Å². The number of thioether (sulfide) groups is 1. The highest BCUT2D eigenvalue weighted by Crippen LogP contribution is 2.26. The second-order valence-corrected chi connectivity index (χ2v) is 7.53. The number of para-hydroxylation sites is 1. The molecule has 0 aliphatic heterocycles. The summed E-state index contributed by atoms with van der Waals surface area (Å²) in [6.45, 7) is 0. The lowest BCUT2D eigenvalue weighted by Crippen LogP contribution is -2.03. The molecule has 0 unspecified atom stereocenters. The second-order valence-electron chi connectivity index (χ2n) is 6.15. The van der Waals surface area contributed by atoms with E-state index in [1.165, 1.54) is 11.1 Å². The third kappa shape index (κ3) is 4.41. The zero-order valence-electron chi connectivity index (χ0n) is 14.6. The third-order valence-electron chi connectivity index (χ3n) is 4.20. The predicted octanol–water partition coefficient (Wildman–Crippen LogP) is 5.80. The molecule has 0 bridgehead atoms. The van der Waals surface area contributed by atoms with Crippen molar-refractivity contribution in [1.29, 1.82) is 0 Å². The van der Waals surface area contributed by atoms with Gasteiger partial charge >= 0.3 is 0 Å². The lowest BCUT2D eigenvalue weighted by atomic mass is 10.1. The van der Waals surface area contributed by atoms with Crippen molar-refractivity contribution in [2.24, 2.45) is 0 Å². The second kappa shape index (κ2) is 8.42. The molecule has 1 aromatic heterocycles. The van der Waals surface area contributed by atoms with Crippen molar-refractivity contribution in [3.05, 3.63) is 107 Å². The average Bonchev–Trinajstić information content (AvgIpc) is 3.11. The molecule has 4 rings (SSSR count). The fraction of sp³-hybridized carbons (Fsp3) is 0.0909. The number of halogens is 1. The first-order valence-corrected chi connectivity index (χ1v) is 10.1. The van der Waals surface area contributed by atoms with Crippen LogP contribution in [0.3, 0.4) is 0 Å². The molecule has 27 heavy (non-hydrogen) atoms. The molecular formula is C22H18ClN3S. The molecule has 0 saturated heterocycles. The van der Waals surface area contributed by atoms with Crippen LogP contribution in [0.25, 0.3) is 5.69 Å². The Morgan fingerprint density at radius 3 is 2.11 bits per heavy atom. The first-order chi connectivity index (χ1) is 13.3. The van der Waals surface area contributed by atoms with Crippen molar-refractivity contribution in [1.82, 2.24) is 14.8 Å². The Bertz CT molecular complexity index is 999. The minimum absolute atomic E-state index is 0.740. The summed E-state index contributed by atoms with van der Waals surface area (Å²) >= 11 is 7.66. The average molecular weight is 392 g/mol. The molecule has 5 heteroatoms. The van der Waals surface area contributed by atoms with Crippen LogP contribution in [0.5, 0.6) is 0 Å². The van der Waals surface area contributed by atoms with Crippen LogP contribution in [-0.4, -0.2) is 14.8 Å². The molecule has 0 amide bonds. The van der Waals surface area contributed by atoms with Crippen molar-refractivity contribution in [2.45, 2.75) is 17.3 Å². The standard InChI is InChI=1S/C22H18ClN3S/c23-19-13-11-18(12-14-19)16-27-22-25-24-21(15-17-7-3-1-4-8-17)26(22)20-9-5-2-6-10-20/h1-14H,15-16H2. The number of aromatic nitrogens is 3. The van der Waals surface area contributed by atoms with Crippen LogP contribution in [0.2, 0.25) is 5.02 Å². The highest BCUT2D eigenvalue weighted by molar-refractivity contribution is 7.98. The minimum Gasteiger partial charge on any atom is -0.274 e. The van der Waals surface area contributed by atoms with Crippen LogP contribution >= 0.6 is 23.4 Å². The number of hydrogen-bond donors (Lipinski definition) is 0. The van der Waals surface area contributed by atoms with Crippen molar-refractivity contribution < 1.29 is 0 Å². The van der Waals surface area contributed by atoms with Gasteiger partial charge in [-0.05, 0) is 35.4 Å². The van der Waals surface area contributed by atoms with Gasteiger partial charge in [-0.2, -0.15) is 0 Å². The van der Waals surface area contributed by atoms with Gasteiger partial charge in [-0.25, -0.2) is 0 Å². The summed E-state index contributed by atoms with van der Waals surface area (Å²) in [5.41, 5.74) is 3.50. The highest BCUT2D eigenvalue weighted by atomic mass is 35.5. The van der Waals surface area contributed by atoms with Gasteiger partial charge in [0.1, 0.15) is 5.82 Å². The van der Waals surface area contributed by atoms with Gasteiger partial charge in [0.05, 0.1) is 0 Å². The van der Waals surface area contributed by atoms with Gasteiger partial charge in [0.2, 0.25) is 0 Å². The Morgan fingerprint density at radius 2 is 1.41 bits per heavy atom. The lowest BCUT2D eigenvalue weighted by Gasteiger charge is -2.10. The molecule has 0 aliphatic carbocycles. The predicted molar refractivity (Wildman–Crippen MR) is 112 cm³/mol. The summed E-state index contributed by atoms with van der Waals surface area (Å²) in [4.78, 5) is 0. The summed E-state index contributed by atoms with van der Waals surface area (Å²) in [7, 11) is 0. The van der Waals surface area contributed by atoms with Crippen LogP contribution in [0.15, 0.2) is 90.1 Å². The Balaban J connectivity index is 1.63. The maximum atomic E-state index is 5.98. The van der Waals surface area contributed by atoms with Gasteiger partial charge in [0, 0.05) is 22.9 Å². The minimum atomic E-state index is 0.740. The van der Waals surface area contributed by atoms with E-state index in [0.717, 1.165) is 33.9 Å². The molecule has 0 N–H and O–H groups in total. The topological polar surface area (TPSA) is 30.7 Å². The van der Waals surface area contributed by atoms with Gasteiger partial charge in [-0.3, -0.25) is 4.57 Å². The Hall–Kier alpha value is -2.56. The van der Waals surface area contributed by atoms with Gasteiger partial charge in [-0.15, -0.1) is 10.2 Å². The molecule has 0 atom stereocenters. The molecule has 0 aliphatic rings. The summed E-state index contributed by atoms with van der Waals surface area (Å²) < 4.78 is 2.15. The molecule has 134 valence electrons. The zero-order valence-corrected chi connectivity index (χ0v) is 16.2. The van der Waals surface area contributed by atoms with E-state index < -0.39 is 0 Å². The third-order valence-corrected chi connectivity index (χ3v) is 5.45. The van der Waals surface area contributed by atoms with Crippen molar-refractivity contribution in [2.75, 3.05) is 0 Å². The number of nitrogens with zero attached hydrogens (tertiary/aromatic N) is 3. The number of benzene rings is 3. The van der Waals surface area contributed by atoms with E-state index >= 15 is 0 Å². The number of rotatable bonds is 6. The van der Waals surface area contributed by atoms with E-state index in [2.05, 4.69) is 51.2 Å². The normalized spacial score (nSPS) is 10.9. The molecular weight excluding hydrogens is 374 g/mol. The van der Waals surface area contributed by atoms with E-state index in [4.69, 9.17) is 11.6 Å². The summed E-state index contributed by atoms with van der Waals surface area (Å²) in [5, 5.41) is 10.6. The molecule has 1 heterocycles. The fourth-order valence-corrected chi connectivity index (χ4v) is 3.90. The van der Waals surface area contributed by atoms with Crippen LogP contribution in [-0.2, 0) is 12.2 Å². The SMILES string of the molecule is Clc1ccc(CSc2nnc(Cc3ccccc3)n2-c2ccccc2)cc1. The van der Waals surface area contributed by atoms with E-state index in [9.17, 15) is 0 Å². The van der Waals surface area contributed by atoms with E-state index in [1.54, 1.807) is 11.8 Å². The maximum Gasteiger partial charge on any atom is 0.196 e. The smallest absolute Gasteiger partial charge is 0.196 e. The molecule has 4 aromatic rings. The van der Waals surface area contributed by atoms with E-state index in [0.29, 0.717) is 0 Å². The zero-order chi connectivity index (χ0) is 18.5. The molecule has 0 radical (unpaired) electrons. The van der Waals surface area contributed by atoms with Gasteiger partial charge in [0.25, 0.3) is 0 Å². The summed E-state index contributed by atoms with van der Waals surface area (Å²) in [5.74, 6) is 1.75. The van der Waals surface area contributed by atoms with Gasteiger partial charge < -0.3 is 0 Å². The Kier molecular flexibility index (Phi) is 5.56. The van der Waals surface area contributed by atoms with Crippen LogP contribution < -0.4 is 0 Å². The van der Waals surface area contributed by atoms with E-state index in [1.807, 2.05) is 48.5 Å². The molecule has 0 fully saturated rings. The Morgan fingerprint density at radius 1 is 0.741 bits per heavy atom. The monoisotopic (exact) mass is 391 g/mol.